The number of rotatable bonds is 5. The lowest BCUT2D eigenvalue weighted by Crippen LogP contribution is -2.60. The Morgan fingerprint density at radius 1 is 0.737 bits per heavy atom. The molecule has 0 fully saturated rings. The van der Waals surface area contributed by atoms with Gasteiger partial charge < -0.3 is 10.2 Å². The minimum Gasteiger partial charge on any atom is -0.392 e. The standard InChI is InChI=1S/C8H7F9O2/c9-5(10,1-4(2-18)3-19)6(11,12)7(13,14)8(15,16)17/h1,18-19H,2-3H2. The smallest absolute Gasteiger partial charge is 0.392 e. The molecule has 0 radical (unpaired) electrons. The molecule has 114 valence electrons. The van der Waals surface area contributed by atoms with Gasteiger partial charge in [-0.05, 0) is 11.6 Å². The molecule has 0 heterocycles. The van der Waals surface area contributed by atoms with Crippen LogP contribution in [-0.2, 0) is 0 Å². The number of hydrogen-bond donors (Lipinski definition) is 2. The van der Waals surface area contributed by atoms with Crippen molar-refractivity contribution in [1.29, 1.82) is 0 Å². The molecule has 0 rings (SSSR count). The highest BCUT2D eigenvalue weighted by atomic mass is 19.4. The van der Waals surface area contributed by atoms with Crippen molar-refractivity contribution >= 4 is 0 Å². The Balaban J connectivity index is 5.70. The summed E-state index contributed by atoms with van der Waals surface area (Å²) in [4.78, 5) is 0. The number of hydrogen-bond acceptors (Lipinski definition) is 2. The van der Waals surface area contributed by atoms with Gasteiger partial charge in [-0.25, -0.2) is 0 Å². The maximum absolute atomic E-state index is 12.8. The van der Waals surface area contributed by atoms with Gasteiger partial charge >= 0.3 is 23.9 Å². The third-order valence-corrected chi connectivity index (χ3v) is 1.96. The summed E-state index contributed by atoms with van der Waals surface area (Å²) < 4.78 is 111. The van der Waals surface area contributed by atoms with E-state index in [1.165, 1.54) is 0 Å². The summed E-state index contributed by atoms with van der Waals surface area (Å²) in [5.41, 5.74) is -1.23. The quantitative estimate of drug-likeness (QED) is 0.605. The van der Waals surface area contributed by atoms with Crippen molar-refractivity contribution in [1.82, 2.24) is 0 Å². The number of aliphatic hydroxyl groups excluding tert-OH is 2. The lowest BCUT2D eigenvalue weighted by atomic mass is 10.0. The van der Waals surface area contributed by atoms with E-state index >= 15 is 0 Å². The van der Waals surface area contributed by atoms with E-state index < -0.39 is 48.8 Å². The molecule has 0 aromatic heterocycles. The van der Waals surface area contributed by atoms with Gasteiger partial charge in [0.15, 0.2) is 0 Å². The highest BCUT2D eigenvalue weighted by molar-refractivity contribution is 5.16. The van der Waals surface area contributed by atoms with Crippen LogP contribution in [0.3, 0.4) is 0 Å². The van der Waals surface area contributed by atoms with E-state index in [9.17, 15) is 39.5 Å². The zero-order valence-electron chi connectivity index (χ0n) is 8.79. The summed E-state index contributed by atoms with van der Waals surface area (Å²) in [7, 11) is 0. The van der Waals surface area contributed by atoms with Gasteiger partial charge in [0, 0.05) is 0 Å². The molecular weight excluding hydrogens is 299 g/mol. The third kappa shape index (κ3) is 3.14. The van der Waals surface area contributed by atoms with E-state index in [-0.39, 0.29) is 0 Å². The predicted octanol–water partition coefficient (Wildman–Crippen LogP) is 2.37. The molecule has 11 heteroatoms. The van der Waals surface area contributed by atoms with Crippen molar-refractivity contribution in [3.63, 3.8) is 0 Å². The Labute approximate surface area is 99.7 Å². The van der Waals surface area contributed by atoms with E-state index in [0.717, 1.165) is 0 Å². The van der Waals surface area contributed by atoms with E-state index in [1.54, 1.807) is 0 Å². The van der Waals surface area contributed by atoms with Crippen LogP contribution in [0.5, 0.6) is 0 Å². The molecule has 0 spiro atoms. The molecular formula is C8H7F9O2. The first-order chi connectivity index (χ1) is 8.24. The first kappa shape index (κ1) is 18.0. The largest absolute Gasteiger partial charge is 0.460 e. The van der Waals surface area contributed by atoms with Crippen molar-refractivity contribution in [2.75, 3.05) is 13.2 Å². The van der Waals surface area contributed by atoms with Crippen molar-refractivity contribution in [2.45, 2.75) is 23.9 Å². The van der Waals surface area contributed by atoms with E-state index in [4.69, 9.17) is 10.2 Å². The van der Waals surface area contributed by atoms with Crippen molar-refractivity contribution in [2.24, 2.45) is 0 Å². The van der Waals surface area contributed by atoms with Crippen molar-refractivity contribution in [3.05, 3.63) is 11.6 Å². The van der Waals surface area contributed by atoms with Crippen molar-refractivity contribution in [3.8, 4) is 0 Å². The maximum atomic E-state index is 12.8. The van der Waals surface area contributed by atoms with E-state index in [0.29, 0.717) is 0 Å². The maximum Gasteiger partial charge on any atom is 0.460 e. The fourth-order valence-electron chi connectivity index (χ4n) is 0.876. The molecule has 0 aliphatic rings. The van der Waals surface area contributed by atoms with Gasteiger partial charge in [0.05, 0.1) is 13.2 Å². The molecule has 2 nitrogen and oxygen atoms in total. The second kappa shape index (κ2) is 5.19. The minimum absolute atomic E-state index is 1.02. The summed E-state index contributed by atoms with van der Waals surface area (Å²) in [6.07, 6.45) is -7.92. The molecule has 2 N–H and O–H groups in total. The Kier molecular flexibility index (Phi) is 4.93. The van der Waals surface area contributed by atoms with Gasteiger partial charge in [0.1, 0.15) is 0 Å². The Bertz CT molecular complexity index is 339. The lowest BCUT2D eigenvalue weighted by molar-refractivity contribution is -0.388. The lowest BCUT2D eigenvalue weighted by Gasteiger charge is -2.32. The van der Waals surface area contributed by atoms with Gasteiger partial charge in [-0.3, -0.25) is 0 Å². The first-order valence-corrected chi connectivity index (χ1v) is 4.37. The molecule has 0 aliphatic carbocycles. The summed E-state index contributed by atoms with van der Waals surface area (Å²) in [6, 6.07) is 0. The SMILES string of the molecule is OCC(=CC(F)(F)C(F)(F)C(F)(F)C(F)(F)F)CO. The average Bonchev–Trinajstić information content (AvgIpc) is 2.23. The molecule has 0 unspecified atom stereocenters. The molecule has 0 aliphatic heterocycles. The van der Waals surface area contributed by atoms with Crippen LogP contribution in [0.15, 0.2) is 11.6 Å². The molecule has 0 amide bonds. The molecule has 0 aromatic carbocycles. The zero-order chi connectivity index (χ0) is 15.7. The highest BCUT2D eigenvalue weighted by Crippen LogP contribution is 2.53. The highest BCUT2D eigenvalue weighted by Gasteiger charge is 2.81. The molecule has 0 saturated carbocycles. The minimum atomic E-state index is -6.99. The van der Waals surface area contributed by atoms with Crippen LogP contribution in [0.4, 0.5) is 39.5 Å². The Morgan fingerprint density at radius 2 is 1.11 bits per heavy atom. The summed E-state index contributed by atoms with van der Waals surface area (Å²) >= 11 is 0. The fourth-order valence-corrected chi connectivity index (χ4v) is 0.876. The Hall–Kier alpha value is -0.970. The molecule has 0 saturated heterocycles. The second-order valence-corrected chi connectivity index (χ2v) is 3.39. The number of aliphatic hydroxyl groups is 2. The average molecular weight is 306 g/mol. The van der Waals surface area contributed by atoms with Crippen LogP contribution in [0.25, 0.3) is 0 Å². The van der Waals surface area contributed by atoms with Crippen LogP contribution >= 0.6 is 0 Å². The predicted molar refractivity (Wildman–Crippen MR) is 43.2 cm³/mol. The monoisotopic (exact) mass is 306 g/mol. The van der Waals surface area contributed by atoms with Crippen LogP contribution in [0.1, 0.15) is 0 Å². The fraction of sp³-hybridized carbons (Fsp3) is 0.750. The molecule has 0 aromatic rings. The van der Waals surface area contributed by atoms with Crippen molar-refractivity contribution < 1.29 is 49.7 Å². The van der Waals surface area contributed by atoms with E-state index in [1.807, 2.05) is 0 Å². The van der Waals surface area contributed by atoms with Gasteiger partial charge in [0.25, 0.3) is 0 Å². The van der Waals surface area contributed by atoms with Crippen LogP contribution in [0.2, 0.25) is 0 Å². The van der Waals surface area contributed by atoms with Gasteiger partial charge in [-0.1, -0.05) is 0 Å². The van der Waals surface area contributed by atoms with Crippen LogP contribution < -0.4 is 0 Å². The Morgan fingerprint density at radius 3 is 1.37 bits per heavy atom. The molecule has 19 heavy (non-hydrogen) atoms. The van der Waals surface area contributed by atoms with Crippen LogP contribution in [0, 0.1) is 0 Å². The second-order valence-electron chi connectivity index (χ2n) is 3.39. The topological polar surface area (TPSA) is 40.5 Å². The molecule has 0 atom stereocenters. The summed E-state index contributed by atoms with van der Waals surface area (Å²) in [5.74, 6) is -19.7. The number of allylic oxidation sites excluding steroid dienone is 1. The molecule has 0 bridgehead atoms. The zero-order valence-corrected chi connectivity index (χ0v) is 8.79. The number of halogens is 9. The summed E-state index contributed by atoms with van der Waals surface area (Å²) in [6.45, 7) is -2.83. The van der Waals surface area contributed by atoms with Crippen LogP contribution in [-0.4, -0.2) is 47.4 Å². The normalized spacial score (nSPS) is 14.5. The third-order valence-electron chi connectivity index (χ3n) is 1.96. The van der Waals surface area contributed by atoms with Gasteiger partial charge in [-0.2, -0.15) is 39.5 Å². The van der Waals surface area contributed by atoms with E-state index in [2.05, 4.69) is 0 Å². The number of alkyl halides is 9. The van der Waals surface area contributed by atoms with Gasteiger partial charge in [-0.15, -0.1) is 0 Å². The van der Waals surface area contributed by atoms with Gasteiger partial charge in [0.2, 0.25) is 0 Å². The summed E-state index contributed by atoms with van der Waals surface area (Å²) in [5, 5.41) is 16.6. The first-order valence-electron chi connectivity index (χ1n) is 4.37.